The lowest BCUT2D eigenvalue weighted by molar-refractivity contribution is -0.117. The molecule has 0 radical (unpaired) electrons. The molecule has 0 spiro atoms. The molecule has 2 unspecified atom stereocenters. The Bertz CT molecular complexity index is 1070. The van der Waals surface area contributed by atoms with E-state index in [1.165, 1.54) is 20.7 Å². The number of benzene rings is 1. The number of carbonyl (C=O) groups excluding carboxylic acids is 1. The number of hydrogen-bond donors (Lipinski definition) is 4. The van der Waals surface area contributed by atoms with E-state index in [2.05, 4.69) is 20.5 Å². The number of hydrogen-bond acceptors (Lipinski definition) is 9. The number of nitrogens with one attached hydrogen (secondary N) is 1. The van der Waals surface area contributed by atoms with Crippen molar-refractivity contribution in [3.05, 3.63) is 48.4 Å². The van der Waals surface area contributed by atoms with Crippen LogP contribution in [-0.4, -0.2) is 66.3 Å². The lowest BCUT2D eigenvalue weighted by Crippen LogP contribution is -2.51. The fraction of sp³-hybridized carbons (Fsp3) is 0.263. The van der Waals surface area contributed by atoms with Crippen molar-refractivity contribution in [2.75, 3.05) is 24.3 Å². The minimum Gasteiger partial charge on any atom is -0.507 e. The normalized spacial score (nSPS) is 18.9. The van der Waals surface area contributed by atoms with E-state index in [4.69, 9.17) is 0 Å². The van der Waals surface area contributed by atoms with Gasteiger partial charge in [-0.2, -0.15) is 0 Å². The fourth-order valence-electron chi connectivity index (χ4n) is 3.31. The number of carbonyl (C=O) groups is 1. The van der Waals surface area contributed by atoms with E-state index >= 15 is 0 Å². The maximum Gasteiger partial charge on any atom is 0.245 e. The predicted molar refractivity (Wildman–Crippen MR) is 107 cm³/mol. The number of anilines is 2. The van der Waals surface area contributed by atoms with Crippen LogP contribution in [0, 0.1) is 0 Å². The van der Waals surface area contributed by atoms with Gasteiger partial charge in [-0.15, -0.1) is 10.2 Å². The van der Waals surface area contributed by atoms with Crippen LogP contribution >= 0.6 is 0 Å². The van der Waals surface area contributed by atoms with Crippen molar-refractivity contribution in [1.82, 2.24) is 24.6 Å². The van der Waals surface area contributed by atoms with Crippen molar-refractivity contribution < 1.29 is 20.1 Å². The Morgan fingerprint density at radius 2 is 1.90 bits per heavy atom. The highest BCUT2D eigenvalue weighted by Gasteiger charge is 2.36. The number of phenolic OH excluding ortho intramolecular Hbond substituents is 1. The molecule has 11 heteroatoms. The van der Waals surface area contributed by atoms with Crippen LogP contribution in [0.2, 0.25) is 0 Å². The molecule has 1 amide bonds. The van der Waals surface area contributed by atoms with E-state index in [1.54, 1.807) is 50.5 Å². The van der Waals surface area contributed by atoms with Crippen molar-refractivity contribution in [3.63, 3.8) is 0 Å². The van der Waals surface area contributed by atoms with Gasteiger partial charge in [0.1, 0.15) is 18.0 Å². The highest BCUT2D eigenvalue weighted by molar-refractivity contribution is 5.89. The van der Waals surface area contributed by atoms with Crippen LogP contribution in [0.15, 0.2) is 42.7 Å². The smallest absolute Gasteiger partial charge is 0.245 e. The Labute approximate surface area is 171 Å². The third-order valence-electron chi connectivity index (χ3n) is 4.96. The molecule has 1 aliphatic rings. The number of rotatable bonds is 4. The van der Waals surface area contributed by atoms with Gasteiger partial charge in [0.15, 0.2) is 24.2 Å². The zero-order valence-electron chi connectivity index (χ0n) is 16.3. The summed E-state index contributed by atoms with van der Waals surface area (Å²) in [5.74, 6) is 0.349. The van der Waals surface area contributed by atoms with Crippen molar-refractivity contribution in [1.29, 1.82) is 0 Å². The lowest BCUT2D eigenvalue weighted by atomic mass is 10.1. The Balaban J connectivity index is 1.48. The zero-order chi connectivity index (χ0) is 21.4. The highest BCUT2D eigenvalue weighted by atomic mass is 16.3. The summed E-state index contributed by atoms with van der Waals surface area (Å²) >= 11 is 0. The number of aromatic hydroxyl groups is 1. The number of nitrogens with zero attached hydrogens (tertiary/aromatic N) is 6. The number of imidazole rings is 1. The average Bonchev–Trinajstić information content (AvgIpc) is 3.15. The number of aliphatic hydroxyl groups is 2. The molecule has 3 heterocycles. The van der Waals surface area contributed by atoms with Crippen LogP contribution in [-0.2, 0) is 11.3 Å². The molecular formula is C19H21N7O4. The molecule has 3 aromatic rings. The summed E-state index contributed by atoms with van der Waals surface area (Å²) < 4.78 is 1.51. The summed E-state index contributed by atoms with van der Waals surface area (Å²) in [5, 5.41) is 41.1. The first-order valence-electron chi connectivity index (χ1n) is 9.14. The van der Waals surface area contributed by atoms with Gasteiger partial charge in [0.25, 0.3) is 0 Å². The third kappa shape index (κ3) is 3.45. The maximum absolute atomic E-state index is 12.5. The maximum atomic E-state index is 12.5. The molecule has 156 valence electrons. The van der Waals surface area contributed by atoms with Gasteiger partial charge >= 0.3 is 0 Å². The second-order valence-electron chi connectivity index (χ2n) is 6.95. The third-order valence-corrected chi connectivity index (χ3v) is 4.96. The Kier molecular flexibility index (Phi) is 5.08. The van der Waals surface area contributed by atoms with Crippen LogP contribution in [0.3, 0.4) is 0 Å². The first-order chi connectivity index (χ1) is 14.4. The van der Waals surface area contributed by atoms with Gasteiger partial charge in [-0.25, -0.2) is 9.88 Å². The minimum atomic E-state index is -1.11. The molecule has 0 aliphatic carbocycles. The van der Waals surface area contributed by atoms with Gasteiger partial charge in [-0.05, 0) is 31.3 Å². The minimum absolute atomic E-state index is 0.0899. The summed E-state index contributed by atoms with van der Waals surface area (Å²) in [5.41, 5.74) is 1.42. The van der Waals surface area contributed by atoms with Gasteiger partial charge in [0.2, 0.25) is 5.91 Å². The molecule has 0 saturated heterocycles. The van der Waals surface area contributed by atoms with Crippen LogP contribution in [0.4, 0.5) is 11.6 Å². The molecule has 4 N–H and O–H groups in total. The molecule has 0 saturated carbocycles. The van der Waals surface area contributed by atoms with E-state index < -0.39 is 12.6 Å². The van der Waals surface area contributed by atoms with E-state index in [9.17, 15) is 20.1 Å². The summed E-state index contributed by atoms with van der Waals surface area (Å²) in [4.78, 5) is 19.5. The first kappa shape index (κ1) is 19.8. The largest absolute Gasteiger partial charge is 0.507 e. The topological polar surface area (TPSA) is 140 Å². The fourth-order valence-corrected chi connectivity index (χ4v) is 3.31. The molecule has 1 aliphatic heterocycles. The van der Waals surface area contributed by atoms with Gasteiger partial charge in [0, 0.05) is 12.6 Å². The first-order valence-corrected chi connectivity index (χ1v) is 9.14. The number of fused-ring (bicyclic) bond motifs is 1. The van der Waals surface area contributed by atoms with Crippen molar-refractivity contribution in [2.45, 2.75) is 19.1 Å². The van der Waals surface area contributed by atoms with Gasteiger partial charge < -0.3 is 30.1 Å². The summed E-state index contributed by atoms with van der Waals surface area (Å²) in [6.45, 7) is -0.111. The Hall–Kier alpha value is -3.54. The molecule has 0 bridgehead atoms. The quantitative estimate of drug-likeness (QED) is 0.478. The lowest BCUT2D eigenvalue weighted by Gasteiger charge is -2.39. The van der Waals surface area contributed by atoms with Crippen LogP contribution < -0.4 is 10.2 Å². The Morgan fingerprint density at radius 3 is 2.60 bits per heavy atom. The number of aromatic nitrogens is 4. The molecule has 1 aromatic carbocycles. The van der Waals surface area contributed by atoms with Crippen LogP contribution in [0.5, 0.6) is 5.75 Å². The number of phenols is 1. The summed E-state index contributed by atoms with van der Waals surface area (Å²) in [6.07, 6.45) is -0.704. The molecular weight excluding hydrogens is 390 g/mol. The van der Waals surface area contributed by atoms with E-state index in [-0.39, 0.29) is 24.0 Å². The van der Waals surface area contributed by atoms with Crippen molar-refractivity contribution >= 4 is 17.5 Å². The average molecular weight is 411 g/mol. The van der Waals surface area contributed by atoms with Gasteiger partial charge in [-0.1, -0.05) is 12.1 Å². The standard InChI is InChI=1S/C19H21N7O4/c1-24-17-16(18(29)25(2)19(24)30)26(10-20-17)9-15(28)21-14-8-7-12(22-23-14)11-5-3-4-6-13(11)27/h3-8,10,18-19,27,29-30H,9H2,1-2H3,(H,21,23,28). The molecule has 0 fully saturated rings. The molecule has 4 rings (SSSR count). The Morgan fingerprint density at radius 1 is 1.13 bits per heavy atom. The second kappa shape index (κ2) is 7.71. The number of aliphatic hydroxyl groups excluding tert-OH is 2. The van der Waals surface area contributed by atoms with Gasteiger partial charge in [-0.3, -0.25) is 4.79 Å². The summed E-state index contributed by atoms with van der Waals surface area (Å²) in [7, 11) is 3.21. The SMILES string of the molecule is CN1c2ncn(CC(=O)Nc3ccc(-c4ccccc4O)nn3)c2C(O)N(C)C1O. The van der Waals surface area contributed by atoms with Gasteiger partial charge in [0.05, 0.1) is 12.0 Å². The molecule has 11 nitrogen and oxygen atoms in total. The van der Waals surface area contributed by atoms with Crippen LogP contribution in [0.25, 0.3) is 11.3 Å². The number of para-hydroxylation sites is 1. The monoisotopic (exact) mass is 411 g/mol. The van der Waals surface area contributed by atoms with E-state index in [0.29, 0.717) is 22.8 Å². The van der Waals surface area contributed by atoms with Crippen molar-refractivity contribution in [3.8, 4) is 17.0 Å². The zero-order valence-corrected chi connectivity index (χ0v) is 16.3. The predicted octanol–water partition coefficient (Wildman–Crippen LogP) is 0.333. The highest BCUT2D eigenvalue weighted by Crippen LogP contribution is 2.33. The molecule has 2 atom stereocenters. The molecule has 2 aromatic heterocycles. The number of amides is 1. The van der Waals surface area contributed by atoms with E-state index in [0.717, 1.165) is 0 Å². The van der Waals surface area contributed by atoms with Crippen LogP contribution in [0.1, 0.15) is 11.9 Å². The second-order valence-corrected chi connectivity index (χ2v) is 6.95. The summed E-state index contributed by atoms with van der Waals surface area (Å²) in [6, 6.07) is 9.99. The van der Waals surface area contributed by atoms with E-state index in [1.807, 2.05) is 0 Å². The molecule has 30 heavy (non-hydrogen) atoms. The van der Waals surface area contributed by atoms with Crippen molar-refractivity contribution in [2.24, 2.45) is 0 Å².